The van der Waals surface area contributed by atoms with Crippen LogP contribution in [0.1, 0.15) is 10.4 Å². The van der Waals surface area contributed by atoms with Crippen molar-refractivity contribution in [2.24, 2.45) is 0 Å². The van der Waals surface area contributed by atoms with Gasteiger partial charge in [0.2, 0.25) is 0 Å². The van der Waals surface area contributed by atoms with E-state index in [1.165, 1.54) is 0 Å². The first-order valence-corrected chi connectivity index (χ1v) is 5.02. The summed E-state index contributed by atoms with van der Waals surface area (Å²) in [7, 11) is 0. The fourth-order valence-corrected chi connectivity index (χ4v) is 2.71. The number of carboxylic acid groups (broad SMARTS) is 1. The van der Waals surface area contributed by atoms with Crippen LogP contribution in [-0.2, 0) is 0 Å². The van der Waals surface area contributed by atoms with Crippen molar-refractivity contribution in [1.29, 1.82) is 0 Å². The number of nitrogens with zero attached hydrogens (tertiary/aromatic N) is 2. The number of rotatable bonds is 1. The van der Waals surface area contributed by atoms with Gasteiger partial charge in [0, 0.05) is 0 Å². The summed E-state index contributed by atoms with van der Waals surface area (Å²) in [6.45, 7) is 0. The first-order chi connectivity index (χ1) is 5.52. The van der Waals surface area contributed by atoms with E-state index in [0.717, 1.165) is 0 Å². The molecule has 0 aliphatic heterocycles. The third-order valence-electron chi connectivity index (χ3n) is 1.01. The minimum absolute atomic E-state index is 0.0122. The summed E-state index contributed by atoms with van der Waals surface area (Å²) in [4.78, 5) is 18.1. The highest BCUT2D eigenvalue weighted by Crippen LogP contribution is 2.23. The van der Waals surface area contributed by atoms with Crippen LogP contribution in [0.5, 0.6) is 0 Å². The average molecular weight is 361 g/mol. The normalized spacial score (nSPS) is 9.92. The number of halogens is 3. The predicted octanol–water partition coefficient (Wildman–Crippen LogP) is 2.46. The maximum Gasteiger partial charge on any atom is 0.341 e. The Bertz CT molecular complexity index is 318. The first-order valence-electron chi connectivity index (χ1n) is 2.64. The Kier molecular flexibility index (Phi) is 3.19. The molecule has 0 aromatic carbocycles. The van der Waals surface area contributed by atoms with E-state index in [1.54, 1.807) is 0 Å². The molecule has 1 heterocycles. The van der Waals surface area contributed by atoms with E-state index in [2.05, 4.69) is 57.8 Å². The van der Waals surface area contributed by atoms with Crippen LogP contribution in [0.15, 0.2) is 13.9 Å². The molecule has 0 aliphatic carbocycles. The molecule has 64 valence electrons. The molecular weight excluding hydrogens is 360 g/mol. The van der Waals surface area contributed by atoms with Gasteiger partial charge >= 0.3 is 5.97 Å². The van der Waals surface area contributed by atoms with Gasteiger partial charge in [0.1, 0.15) is 14.8 Å². The number of hydrogen-bond donors (Lipinski definition) is 1. The van der Waals surface area contributed by atoms with Crippen molar-refractivity contribution in [2.75, 3.05) is 0 Å². The number of aromatic nitrogens is 2. The SMILES string of the molecule is O=C(O)c1c(Br)nc(Br)nc1Br. The van der Waals surface area contributed by atoms with Crippen LogP contribution in [0.25, 0.3) is 0 Å². The maximum absolute atomic E-state index is 10.6. The van der Waals surface area contributed by atoms with E-state index in [0.29, 0.717) is 4.73 Å². The van der Waals surface area contributed by atoms with E-state index in [4.69, 9.17) is 5.11 Å². The second kappa shape index (κ2) is 3.80. The van der Waals surface area contributed by atoms with Gasteiger partial charge in [0.05, 0.1) is 0 Å². The van der Waals surface area contributed by atoms with Crippen molar-refractivity contribution in [1.82, 2.24) is 9.97 Å². The molecule has 12 heavy (non-hydrogen) atoms. The van der Waals surface area contributed by atoms with Gasteiger partial charge in [-0.05, 0) is 47.8 Å². The molecule has 1 aromatic rings. The number of hydrogen-bond acceptors (Lipinski definition) is 3. The second-order valence-electron chi connectivity index (χ2n) is 1.75. The standard InChI is InChI=1S/C5HBr3N2O2/c6-2-1(4(11)12)3(7)10-5(8)9-2/h(H,11,12). The Labute approximate surface area is 92.8 Å². The van der Waals surface area contributed by atoms with Gasteiger partial charge in [-0.15, -0.1) is 0 Å². The molecule has 0 spiro atoms. The molecule has 0 amide bonds. The Hall–Kier alpha value is -0.0100. The quantitative estimate of drug-likeness (QED) is 0.617. The molecular formula is C5HBr3N2O2. The predicted molar refractivity (Wildman–Crippen MR) is 52.1 cm³/mol. The largest absolute Gasteiger partial charge is 0.477 e. The van der Waals surface area contributed by atoms with Gasteiger partial charge in [-0.3, -0.25) is 0 Å². The lowest BCUT2D eigenvalue weighted by Crippen LogP contribution is -2.03. The monoisotopic (exact) mass is 358 g/mol. The van der Waals surface area contributed by atoms with Crippen molar-refractivity contribution in [3.63, 3.8) is 0 Å². The van der Waals surface area contributed by atoms with E-state index in [-0.39, 0.29) is 14.8 Å². The molecule has 7 heteroatoms. The summed E-state index contributed by atoms with van der Waals surface area (Å²) in [6, 6.07) is 0. The molecule has 0 unspecified atom stereocenters. The van der Waals surface area contributed by atoms with E-state index in [9.17, 15) is 4.79 Å². The van der Waals surface area contributed by atoms with E-state index < -0.39 is 5.97 Å². The Morgan fingerprint density at radius 2 is 1.58 bits per heavy atom. The summed E-state index contributed by atoms with van der Waals surface area (Å²) in [5.41, 5.74) is 0.0122. The van der Waals surface area contributed by atoms with Crippen molar-refractivity contribution < 1.29 is 9.90 Å². The zero-order valence-corrected chi connectivity index (χ0v) is 10.1. The summed E-state index contributed by atoms with van der Waals surface area (Å²) in [5.74, 6) is -1.08. The average Bonchev–Trinajstić information content (AvgIpc) is 1.82. The molecule has 1 rings (SSSR count). The van der Waals surface area contributed by atoms with Gasteiger partial charge in [-0.25, -0.2) is 14.8 Å². The molecule has 0 saturated carbocycles. The van der Waals surface area contributed by atoms with E-state index in [1.807, 2.05) is 0 Å². The van der Waals surface area contributed by atoms with E-state index >= 15 is 0 Å². The van der Waals surface area contributed by atoms with Gasteiger partial charge in [-0.1, -0.05) is 0 Å². The van der Waals surface area contributed by atoms with Crippen LogP contribution in [0, 0.1) is 0 Å². The topological polar surface area (TPSA) is 63.1 Å². The molecule has 0 saturated heterocycles. The van der Waals surface area contributed by atoms with Crippen LogP contribution in [-0.4, -0.2) is 21.0 Å². The molecule has 4 nitrogen and oxygen atoms in total. The highest BCUT2D eigenvalue weighted by Gasteiger charge is 2.16. The smallest absolute Gasteiger partial charge is 0.341 e. The Morgan fingerprint density at radius 1 is 1.17 bits per heavy atom. The van der Waals surface area contributed by atoms with Gasteiger partial charge in [0.25, 0.3) is 0 Å². The Morgan fingerprint density at radius 3 is 1.92 bits per heavy atom. The fourth-order valence-electron chi connectivity index (χ4n) is 0.560. The van der Waals surface area contributed by atoms with Crippen molar-refractivity contribution in [3.05, 3.63) is 19.5 Å². The minimum atomic E-state index is -1.08. The van der Waals surface area contributed by atoms with Gasteiger partial charge in [-0.2, -0.15) is 0 Å². The second-order valence-corrected chi connectivity index (χ2v) is 3.97. The molecule has 1 N–H and O–H groups in total. The third-order valence-corrected chi connectivity index (χ3v) is 2.51. The molecule has 0 radical (unpaired) electrons. The summed E-state index contributed by atoms with van der Waals surface area (Å²) < 4.78 is 0.804. The summed E-state index contributed by atoms with van der Waals surface area (Å²) in [5, 5.41) is 8.68. The minimum Gasteiger partial charge on any atom is -0.477 e. The van der Waals surface area contributed by atoms with Crippen LogP contribution in [0.3, 0.4) is 0 Å². The van der Waals surface area contributed by atoms with Crippen LogP contribution < -0.4 is 0 Å². The van der Waals surface area contributed by atoms with Gasteiger partial charge < -0.3 is 5.11 Å². The molecule has 1 aromatic heterocycles. The lowest BCUT2D eigenvalue weighted by molar-refractivity contribution is 0.0693. The molecule has 0 atom stereocenters. The lowest BCUT2D eigenvalue weighted by atomic mass is 10.4. The maximum atomic E-state index is 10.6. The number of aromatic carboxylic acids is 1. The lowest BCUT2D eigenvalue weighted by Gasteiger charge is -2.00. The fraction of sp³-hybridized carbons (Fsp3) is 0. The summed E-state index contributed by atoms with van der Waals surface area (Å²) in [6.07, 6.45) is 0. The van der Waals surface area contributed by atoms with Crippen LogP contribution >= 0.6 is 47.8 Å². The van der Waals surface area contributed by atoms with Crippen LogP contribution in [0.2, 0.25) is 0 Å². The molecule has 0 fully saturated rings. The van der Waals surface area contributed by atoms with Gasteiger partial charge in [0.15, 0.2) is 4.73 Å². The molecule has 0 aliphatic rings. The summed E-state index contributed by atoms with van der Waals surface area (Å²) >= 11 is 9.03. The highest BCUT2D eigenvalue weighted by atomic mass is 79.9. The Balaban J connectivity index is 3.38. The van der Waals surface area contributed by atoms with Crippen molar-refractivity contribution in [2.45, 2.75) is 0 Å². The van der Waals surface area contributed by atoms with Crippen LogP contribution in [0.4, 0.5) is 0 Å². The highest BCUT2D eigenvalue weighted by molar-refractivity contribution is 9.11. The number of carboxylic acids is 1. The zero-order valence-electron chi connectivity index (χ0n) is 5.38. The number of carbonyl (C=O) groups is 1. The third kappa shape index (κ3) is 2.02. The zero-order chi connectivity index (χ0) is 9.30. The van der Waals surface area contributed by atoms with Crippen molar-refractivity contribution in [3.8, 4) is 0 Å². The first kappa shape index (κ1) is 10.1. The molecule has 0 bridgehead atoms. The van der Waals surface area contributed by atoms with Crippen molar-refractivity contribution >= 4 is 53.8 Å².